The number of aliphatic hydroxyl groups is 1. The lowest BCUT2D eigenvalue weighted by Gasteiger charge is -2.34. The van der Waals surface area contributed by atoms with Crippen molar-refractivity contribution in [3.63, 3.8) is 0 Å². The Kier molecular flexibility index (Phi) is 9.64. The minimum Gasteiger partial charge on any atom is -0.484 e. The van der Waals surface area contributed by atoms with Crippen molar-refractivity contribution in [2.24, 2.45) is 0 Å². The van der Waals surface area contributed by atoms with Gasteiger partial charge >= 0.3 is 0 Å². The SMILES string of the molecule is CC(=O)N1CCN(c2nc(NC3COC3)cc(C(=O)NC[C@H](O)CN3CCc4c(ccc(OCc5cnco5)c4Cl)C3)n2)CC1. The van der Waals surface area contributed by atoms with Gasteiger partial charge in [-0.25, -0.2) is 9.97 Å². The molecule has 14 nitrogen and oxygen atoms in total. The van der Waals surface area contributed by atoms with Gasteiger partial charge in [0.25, 0.3) is 5.91 Å². The van der Waals surface area contributed by atoms with Gasteiger partial charge in [0.15, 0.2) is 12.2 Å². The third kappa shape index (κ3) is 7.64. The van der Waals surface area contributed by atoms with Crippen molar-refractivity contribution >= 4 is 35.2 Å². The average molecular weight is 641 g/mol. The molecule has 5 heterocycles. The number of rotatable bonds is 11. The van der Waals surface area contributed by atoms with Crippen LogP contribution in [0.25, 0.3) is 0 Å². The fourth-order valence-corrected chi connectivity index (χ4v) is 5.89. The molecule has 3 aromatic rings. The first kappa shape index (κ1) is 31.0. The fraction of sp³-hybridized carbons (Fsp3) is 0.500. The van der Waals surface area contributed by atoms with Crippen molar-refractivity contribution in [2.45, 2.75) is 38.6 Å². The number of aromatic nitrogens is 3. The van der Waals surface area contributed by atoms with Gasteiger partial charge < -0.3 is 39.4 Å². The standard InChI is InChI=1S/C30H37ClN8O6/c1-19(40)38-6-8-39(9-7-38)30-35-25(10-27(36-30)34-21-15-43-16-21)29(42)33-11-22(41)14-37-5-4-24-20(13-37)2-3-26(28(24)31)44-17-23-12-32-18-45-23/h2-3,10,12,18,21-22,41H,4-9,11,13-17H2,1H3,(H,33,42)(H,34,35,36)/t22-/m0/s1. The molecule has 6 rings (SSSR count). The molecule has 0 saturated carbocycles. The third-order valence-electron chi connectivity index (χ3n) is 8.14. The number of oxazole rings is 1. The predicted octanol–water partition coefficient (Wildman–Crippen LogP) is 1.33. The van der Waals surface area contributed by atoms with Crippen LogP contribution in [0.1, 0.15) is 34.3 Å². The van der Waals surface area contributed by atoms with Gasteiger partial charge in [-0.1, -0.05) is 17.7 Å². The van der Waals surface area contributed by atoms with E-state index in [1.807, 2.05) is 17.0 Å². The van der Waals surface area contributed by atoms with Crippen molar-refractivity contribution in [2.75, 3.05) is 69.2 Å². The molecule has 0 spiro atoms. The smallest absolute Gasteiger partial charge is 0.270 e. The van der Waals surface area contributed by atoms with Crippen LogP contribution in [0, 0.1) is 0 Å². The number of nitrogens with one attached hydrogen (secondary N) is 2. The molecular formula is C30H37ClN8O6. The predicted molar refractivity (Wildman–Crippen MR) is 164 cm³/mol. The number of aliphatic hydroxyl groups excluding tert-OH is 1. The summed E-state index contributed by atoms with van der Waals surface area (Å²) in [5.74, 6) is 1.79. The summed E-state index contributed by atoms with van der Waals surface area (Å²) in [5.41, 5.74) is 2.31. The Balaban J connectivity index is 1.03. The van der Waals surface area contributed by atoms with Crippen molar-refractivity contribution in [3.8, 4) is 5.75 Å². The van der Waals surface area contributed by atoms with Crippen LogP contribution >= 0.6 is 11.6 Å². The highest BCUT2D eigenvalue weighted by Crippen LogP contribution is 2.34. The summed E-state index contributed by atoms with van der Waals surface area (Å²) in [5, 5.41) is 17.5. The van der Waals surface area contributed by atoms with Gasteiger partial charge in [-0.15, -0.1) is 0 Å². The van der Waals surface area contributed by atoms with E-state index in [2.05, 4.69) is 30.5 Å². The number of carbonyl (C=O) groups is 2. The Morgan fingerprint density at radius 1 is 1.18 bits per heavy atom. The van der Waals surface area contributed by atoms with Gasteiger partial charge in [-0.05, 0) is 23.6 Å². The second kappa shape index (κ2) is 14.0. The van der Waals surface area contributed by atoms with E-state index in [4.69, 9.17) is 25.5 Å². The van der Waals surface area contributed by atoms with Crippen molar-refractivity contribution in [1.82, 2.24) is 30.1 Å². The number of amides is 2. The lowest BCUT2D eigenvalue weighted by atomic mass is 9.99. The molecule has 3 aliphatic heterocycles. The first-order chi connectivity index (χ1) is 21.8. The zero-order valence-corrected chi connectivity index (χ0v) is 25.8. The molecule has 240 valence electrons. The maximum absolute atomic E-state index is 13.2. The summed E-state index contributed by atoms with van der Waals surface area (Å²) in [7, 11) is 0. The van der Waals surface area contributed by atoms with Crippen LogP contribution in [-0.2, 0) is 29.1 Å². The maximum atomic E-state index is 13.2. The van der Waals surface area contributed by atoms with Gasteiger partial charge in [0.2, 0.25) is 11.9 Å². The number of ether oxygens (including phenoxy) is 2. The van der Waals surface area contributed by atoms with E-state index in [0.29, 0.717) is 93.7 Å². The molecule has 0 unspecified atom stereocenters. The lowest BCUT2D eigenvalue weighted by molar-refractivity contribution is -0.129. The zero-order valence-electron chi connectivity index (χ0n) is 25.1. The van der Waals surface area contributed by atoms with E-state index in [1.165, 1.54) is 6.39 Å². The Hall–Kier alpha value is -3.98. The highest BCUT2D eigenvalue weighted by atomic mass is 35.5. The van der Waals surface area contributed by atoms with Crippen molar-refractivity contribution in [1.29, 1.82) is 0 Å². The number of benzene rings is 1. The normalized spacial score (nSPS) is 17.8. The molecule has 1 aromatic carbocycles. The molecule has 3 N–H and O–H groups in total. The zero-order chi connectivity index (χ0) is 31.3. The van der Waals surface area contributed by atoms with E-state index in [9.17, 15) is 14.7 Å². The van der Waals surface area contributed by atoms with E-state index >= 15 is 0 Å². The lowest BCUT2D eigenvalue weighted by Crippen LogP contribution is -2.49. The number of nitrogens with zero attached hydrogens (tertiary/aromatic N) is 6. The summed E-state index contributed by atoms with van der Waals surface area (Å²) in [6.07, 6.45) is 2.87. The average Bonchev–Trinajstić information content (AvgIpc) is 3.55. The van der Waals surface area contributed by atoms with E-state index in [-0.39, 0.29) is 30.8 Å². The Labute approximate surface area is 265 Å². The Morgan fingerprint density at radius 2 is 2.00 bits per heavy atom. The van der Waals surface area contributed by atoms with Crippen LogP contribution in [0.15, 0.2) is 35.2 Å². The number of carbonyl (C=O) groups excluding carboxylic acids is 2. The van der Waals surface area contributed by atoms with Gasteiger partial charge in [-0.3, -0.25) is 14.5 Å². The molecule has 2 amide bonds. The largest absolute Gasteiger partial charge is 0.484 e. The molecule has 0 bridgehead atoms. The number of β-amino-alcohol motifs (C(OH)–C–C–N with tert-alkyl or cyclic N) is 1. The molecule has 45 heavy (non-hydrogen) atoms. The van der Waals surface area contributed by atoms with Crippen LogP contribution in [0.5, 0.6) is 5.75 Å². The van der Waals surface area contributed by atoms with E-state index in [1.54, 1.807) is 24.1 Å². The van der Waals surface area contributed by atoms with Gasteiger partial charge in [0.05, 0.1) is 36.6 Å². The Bertz CT molecular complexity index is 1500. The van der Waals surface area contributed by atoms with Crippen molar-refractivity contribution < 1.29 is 28.6 Å². The van der Waals surface area contributed by atoms with Crippen LogP contribution in [0.2, 0.25) is 5.02 Å². The topological polar surface area (TPSA) is 158 Å². The molecule has 2 aromatic heterocycles. The first-order valence-electron chi connectivity index (χ1n) is 15.0. The third-order valence-corrected chi connectivity index (χ3v) is 8.56. The molecule has 3 aliphatic rings. The molecular weight excluding hydrogens is 604 g/mol. The fourth-order valence-electron chi connectivity index (χ4n) is 5.56. The molecule has 2 fully saturated rings. The monoisotopic (exact) mass is 640 g/mol. The van der Waals surface area contributed by atoms with Crippen LogP contribution in [0.4, 0.5) is 11.8 Å². The second-order valence-electron chi connectivity index (χ2n) is 11.4. The Morgan fingerprint density at radius 3 is 2.71 bits per heavy atom. The van der Waals surface area contributed by atoms with Gasteiger partial charge in [0.1, 0.15) is 23.9 Å². The number of anilines is 2. The van der Waals surface area contributed by atoms with Gasteiger partial charge in [0, 0.05) is 65.3 Å². The quantitative estimate of drug-likeness (QED) is 0.276. The van der Waals surface area contributed by atoms with E-state index < -0.39 is 12.0 Å². The number of hydrogen-bond donors (Lipinski definition) is 3. The molecule has 2 saturated heterocycles. The molecule has 0 aliphatic carbocycles. The summed E-state index contributed by atoms with van der Waals surface area (Å²) in [6.45, 7) is 6.95. The van der Waals surface area contributed by atoms with Crippen molar-refractivity contribution in [3.05, 3.63) is 58.4 Å². The summed E-state index contributed by atoms with van der Waals surface area (Å²) in [6, 6.07) is 5.57. The maximum Gasteiger partial charge on any atom is 0.270 e. The molecule has 0 radical (unpaired) electrons. The highest BCUT2D eigenvalue weighted by Gasteiger charge is 2.26. The number of piperazine rings is 1. The number of fused-ring (bicyclic) bond motifs is 1. The van der Waals surface area contributed by atoms with Crippen LogP contribution in [0.3, 0.4) is 0 Å². The minimum atomic E-state index is -0.791. The number of halogens is 1. The van der Waals surface area contributed by atoms with Crippen LogP contribution in [-0.4, -0.2) is 113 Å². The first-order valence-corrected chi connectivity index (χ1v) is 15.4. The van der Waals surface area contributed by atoms with E-state index in [0.717, 1.165) is 11.1 Å². The van der Waals surface area contributed by atoms with Gasteiger partial charge in [-0.2, -0.15) is 4.98 Å². The summed E-state index contributed by atoms with van der Waals surface area (Å²) in [4.78, 5) is 43.9. The molecule has 1 atom stereocenters. The number of hydrogen-bond acceptors (Lipinski definition) is 12. The minimum absolute atomic E-state index is 0.0334. The molecule has 15 heteroatoms. The second-order valence-corrected chi connectivity index (χ2v) is 11.8. The van der Waals surface area contributed by atoms with Crippen LogP contribution < -0.4 is 20.3 Å². The highest BCUT2D eigenvalue weighted by molar-refractivity contribution is 6.33. The summed E-state index contributed by atoms with van der Waals surface area (Å²) >= 11 is 6.67. The summed E-state index contributed by atoms with van der Waals surface area (Å²) < 4.78 is 16.3.